The Bertz CT molecular complexity index is 2760. The number of amidine groups is 1. The third-order valence-electron chi connectivity index (χ3n) is 10.4. The van der Waals surface area contributed by atoms with Crippen LogP contribution in [0.2, 0.25) is 0 Å². The van der Waals surface area contributed by atoms with Gasteiger partial charge in [-0.1, -0.05) is 182 Å². The molecule has 2 N–H and O–H groups in total. The van der Waals surface area contributed by atoms with Crippen molar-refractivity contribution in [3.05, 3.63) is 205 Å². The molecule has 0 saturated carbocycles. The van der Waals surface area contributed by atoms with E-state index in [4.69, 9.17) is 9.41 Å². The van der Waals surface area contributed by atoms with Crippen molar-refractivity contribution in [2.24, 2.45) is 4.99 Å². The topological polar surface area (TPSA) is 49.6 Å². The highest BCUT2D eigenvalue weighted by molar-refractivity contribution is 6.11. The summed E-state index contributed by atoms with van der Waals surface area (Å²) in [5.74, 6) is 0.846. The molecular formula is C49H35N3O. The first kappa shape index (κ1) is 31.0. The molecule has 252 valence electrons. The fourth-order valence-electron chi connectivity index (χ4n) is 7.77. The van der Waals surface area contributed by atoms with Crippen molar-refractivity contribution in [3.8, 4) is 33.4 Å². The number of furan rings is 1. The van der Waals surface area contributed by atoms with Crippen molar-refractivity contribution in [2.45, 2.75) is 12.3 Å². The largest absolute Gasteiger partial charge is 0.455 e. The van der Waals surface area contributed by atoms with Crippen LogP contribution in [0.4, 0.5) is 0 Å². The molecule has 0 fully saturated rings. The second-order valence-corrected chi connectivity index (χ2v) is 13.6. The van der Waals surface area contributed by atoms with E-state index in [0.29, 0.717) is 0 Å². The molecule has 9 aromatic rings. The minimum absolute atomic E-state index is 0.227. The highest BCUT2D eigenvalue weighted by Gasteiger charge is 2.28. The van der Waals surface area contributed by atoms with E-state index in [1.807, 2.05) is 12.1 Å². The van der Waals surface area contributed by atoms with Gasteiger partial charge in [0.25, 0.3) is 0 Å². The number of hydrogen-bond acceptors (Lipinski definition) is 4. The van der Waals surface area contributed by atoms with E-state index in [1.54, 1.807) is 0 Å². The number of aliphatic imine (C=N–C) groups is 1. The molecule has 0 aliphatic carbocycles. The van der Waals surface area contributed by atoms with Gasteiger partial charge in [-0.25, -0.2) is 4.99 Å². The smallest absolute Gasteiger partial charge is 0.143 e. The van der Waals surface area contributed by atoms with Gasteiger partial charge in [-0.15, -0.1) is 0 Å². The average molecular weight is 682 g/mol. The fraction of sp³-hybridized carbons (Fsp3) is 0.0408. The lowest BCUT2D eigenvalue weighted by atomic mass is 9.95. The Morgan fingerprint density at radius 1 is 0.453 bits per heavy atom. The van der Waals surface area contributed by atoms with Crippen molar-refractivity contribution in [1.82, 2.24) is 10.6 Å². The van der Waals surface area contributed by atoms with Crippen LogP contribution in [0, 0.1) is 0 Å². The van der Waals surface area contributed by atoms with Gasteiger partial charge in [0.2, 0.25) is 0 Å². The molecule has 2 unspecified atom stereocenters. The van der Waals surface area contributed by atoms with E-state index in [0.717, 1.165) is 55.6 Å². The molecule has 10 rings (SSSR count). The highest BCUT2D eigenvalue weighted by Crippen LogP contribution is 2.40. The number of rotatable bonds is 6. The molecular weight excluding hydrogens is 647 g/mol. The summed E-state index contributed by atoms with van der Waals surface area (Å²) >= 11 is 0. The van der Waals surface area contributed by atoms with E-state index in [-0.39, 0.29) is 12.3 Å². The van der Waals surface area contributed by atoms with Crippen molar-refractivity contribution in [1.29, 1.82) is 0 Å². The van der Waals surface area contributed by atoms with Crippen LogP contribution < -0.4 is 10.6 Å². The fourth-order valence-corrected chi connectivity index (χ4v) is 7.77. The van der Waals surface area contributed by atoms with Crippen molar-refractivity contribution >= 4 is 38.5 Å². The summed E-state index contributed by atoms with van der Waals surface area (Å²) in [5, 5.41) is 12.3. The van der Waals surface area contributed by atoms with Crippen LogP contribution in [0.3, 0.4) is 0 Å². The summed E-state index contributed by atoms with van der Waals surface area (Å²) in [6.45, 7) is 0. The lowest BCUT2D eigenvalue weighted by molar-refractivity contribution is 0.411. The Hall–Kier alpha value is -6.75. The number of para-hydroxylation sites is 1. The predicted molar refractivity (Wildman–Crippen MR) is 219 cm³/mol. The Kier molecular flexibility index (Phi) is 7.67. The SMILES string of the molecule is c1ccc(-c2ccc(C3=NC(c4ccccc4)NC(c4cccc5oc6c(-c7ccc(-c8cccc9ccccc89)cc7)cccc6c45)N3)cc2)cc1. The maximum absolute atomic E-state index is 6.73. The summed E-state index contributed by atoms with van der Waals surface area (Å²) in [7, 11) is 0. The average Bonchev–Trinajstić information content (AvgIpc) is 3.63. The van der Waals surface area contributed by atoms with Crippen molar-refractivity contribution in [2.75, 3.05) is 0 Å². The maximum Gasteiger partial charge on any atom is 0.143 e. The van der Waals surface area contributed by atoms with Gasteiger partial charge in [-0.2, -0.15) is 0 Å². The summed E-state index contributed by atoms with van der Waals surface area (Å²) in [6.07, 6.45) is -0.467. The number of fused-ring (bicyclic) bond motifs is 4. The molecule has 0 amide bonds. The molecule has 1 aromatic heterocycles. The van der Waals surface area contributed by atoms with Gasteiger partial charge in [0.15, 0.2) is 0 Å². The Labute approximate surface area is 308 Å². The molecule has 53 heavy (non-hydrogen) atoms. The first-order valence-electron chi connectivity index (χ1n) is 18.1. The highest BCUT2D eigenvalue weighted by atomic mass is 16.3. The van der Waals surface area contributed by atoms with Crippen LogP contribution in [-0.4, -0.2) is 5.84 Å². The lowest BCUT2D eigenvalue weighted by Crippen LogP contribution is -2.45. The quantitative estimate of drug-likeness (QED) is 0.184. The number of hydrogen-bond donors (Lipinski definition) is 2. The minimum atomic E-state index is -0.240. The molecule has 1 aliphatic heterocycles. The van der Waals surface area contributed by atoms with Crippen LogP contribution in [-0.2, 0) is 0 Å². The summed E-state index contributed by atoms with van der Waals surface area (Å²) in [5.41, 5.74) is 12.0. The first-order valence-corrected chi connectivity index (χ1v) is 18.1. The molecule has 2 atom stereocenters. The minimum Gasteiger partial charge on any atom is -0.455 e. The predicted octanol–water partition coefficient (Wildman–Crippen LogP) is 12.1. The van der Waals surface area contributed by atoms with Gasteiger partial charge in [0, 0.05) is 27.5 Å². The lowest BCUT2D eigenvalue weighted by Gasteiger charge is -2.32. The van der Waals surface area contributed by atoms with Crippen molar-refractivity contribution < 1.29 is 4.42 Å². The standard InChI is InChI=1S/C49H35N3O/c1-3-12-32(13-4-1)33-24-30-38(31-25-33)48-50-47(37-15-5-2-6-16-37)51-49(52-48)43-22-11-23-44-45(43)42-21-10-20-41(46(42)53-44)36-28-26-35(27-29-36)40-19-9-17-34-14-7-8-18-39(34)40/h1-31,47,49,51H,(H,50,52). The van der Waals surface area contributed by atoms with E-state index in [2.05, 4.69) is 187 Å². The molecule has 8 aromatic carbocycles. The van der Waals surface area contributed by atoms with Gasteiger partial charge in [-0.3, -0.25) is 5.32 Å². The third kappa shape index (κ3) is 5.66. The number of nitrogens with zero attached hydrogens (tertiary/aromatic N) is 1. The zero-order valence-electron chi connectivity index (χ0n) is 28.9. The summed E-state index contributed by atoms with van der Waals surface area (Å²) in [4.78, 5) is 5.20. The molecule has 2 heterocycles. The maximum atomic E-state index is 6.73. The number of nitrogens with one attached hydrogen (secondary N) is 2. The Morgan fingerprint density at radius 2 is 1.04 bits per heavy atom. The van der Waals surface area contributed by atoms with E-state index in [1.165, 1.54) is 33.0 Å². The normalized spacial score (nSPS) is 15.7. The monoisotopic (exact) mass is 681 g/mol. The third-order valence-corrected chi connectivity index (χ3v) is 10.4. The van der Waals surface area contributed by atoms with Crippen LogP contribution in [0.1, 0.15) is 29.0 Å². The van der Waals surface area contributed by atoms with Crippen molar-refractivity contribution in [3.63, 3.8) is 0 Å². The van der Waals surface area contributed by atoms with Crippen LogP contribution >= 0.6 is 0 Å². The van der Waals surface area contributed by atoms with Crippen LogP contribution in [0.25, 0.3) is 66.1 Å². The Morgan fingerprint density at radius 3 is 1.85 bits per heavy atom. The van der Waals surface area contributed by atoms with E-state index < -0.39 is 0 Å². The zero-order chi connectivity index (χ0) is 35.1. The first-order chi connectivity index (χ1) is 26.3. The number of benzene rings is 8. The van der Waals surface area contributed by atoms with E-state index in [9.17, 15) is 0 Å². The van der Waals surface area contributed by atoms with Crippen LogP contribution in [0.5, 0.6) is 0 Å². The molecule has 4 heteroatoms. The molecule has 0 spiro atoms. The zero-order valence-corrected chi connectivity index (χ0v) is 28.9. The summed E-state index contributed by atoms with van der Waals surface area (Å²) < 4.78 is 6.73. The van der Waals surface area contributed by atoms with Gasteiger partial charge in [0.1, 0.15) is 29.3 Å². The molecule has 0 saturated heterocycles. The van der Waals surface area contributed by atoms with Gasteiger partial charge in [-0.05, 0) is 50.2 Å². The van der Waals surface area contributed by atoms with Crippen LogP contribution in [0.15, 0.2) is 197 Å². The summed E-state index contributed by atoms with van der Waals surface area (Å²) in [6, 6.07) is 66.3. The molecule has 1 aliphatic rings. The van der Waals surface area contributed by atoms with E-state index >= 15 is 0 Å². The molecule has 4 nitrogen and oxygen atoms in total. The van der Waals surface area contributed by atoms with Gasteiger partial charge in [0.05, 0.1) is 0 Å². The molecule has 0 bridgehead atoms. The second-order valence-electron chi connectivity index (χ2n) is 13.6. The Balaban J connectivity index is 1.03. The second kappa shape index (κ2) is 13.1. The molecule has 0 radical (unpaired) electrons. The van der Waals surface area contributed by atoms with Gasteiger partial charge >= 0.3 is 0 Å². The van der Waals surface area contributed by atoms with Gasteiger partial charge < -0.3 is 9.73 Å².